The maximum atomic E-state index is 10.8. The first-order valence-corrected chi connectivity index (χ1v) is 3.92. The summed E-state index contributed by atoms with van der Waals surface area (Å²) < 4.78 is 0. The van der Waals surface area contributed by atoms with Gasteiger partial charge in [0.2, 0.25) is 5.91 Å². The Kier molecular flexibility index (Phi) is 5.19. The normalized spacial score (nSPS) is 11.8. The highest BCUT2D eigenvalue weighted by Gasteiger charge is 2.06. The SMILES string of the molecule is CC(Cl)C(=O)NCCNC(N)=O. The van der Waals surface area contributed by atoms with E-state index in [2.05, 4.69) is 10.6 Å². The molecule has 0 aromatic heterocycles. The van der Waals surface area contributed by atoms with Gasteiger partial charge in [0, 0.05) is 13.1 Å². The van der Waals surface area contributed by atoms with Crippen molar-refractivity contribution in [2.24, 2.45) is 5.73 Å². The van der Waals surface area contributed by atoms with Crippen LogP contribution in [0.2, 0.25) is 0 Å². The number of halogens is 1. The topological polar surface area (TPSA) is 84.2 Å². The smallest absolute Gasteiger partial charge is 0.312 e. The number of rotatable bonds is 4. The standard InChI is InChI=1S/C6H12ClN3O2/c1-4(7)5(11)9-2-3-10-6(8)12/h4H,2-3H2,1H3,(H,9,11)(H3,8,10,12). The highest BCUT2D eigenvalue weighted by Crippen LogP contribution is 1.90. The summed E-state index contributed by atoms with van der Waals surface area (Å²) in [4.78, 5) is 21.0. The summed E-state index contributed by atoms with van der Waals surface area (Å²) in [6.45, 7) is 2.21. The third kappa shape index (κ3) is 5.79. The fourth-order valence-electron chi connectivity index (χ4n) is 0.512. The summed E-state index contributed by atoms with van der Waals surface area (Å²) in [5.74, 6) is -0.261. The van der Waals surface area contributed by atoms with E-state index in [0.717, 1.165) is 0 Å². The maximum Gasteiger partial charge on any atom is 0.312 e. The van der Waals surface area contributed by atoms with E-state index in [1.54, 1.807) is 6.92 Å². The molecule has 0 aliphatic rings. The molecule has 0 aliphatic carbocycles. The van der Waals surface area contributed by atoms with Crippen molar-refractivity contribution in [3.8, 4) is 0 Å². The average Bonchev–Trinajstić information content (AvgIpc) is 1.97. The molecule has 0 aromatic carbocycles. The highest BCUT2D eigenvalue weighted by atomic mass is 35.5. The molecule has 4 N–H and O–H groups in total. The molecule has 0 rings (SSSR count). The monoisotopic (exact) mass is 193 g/mol. The number of hydrogen-bond donors (Lipinski definition) is 3. The molecule has 0 spiro atoms. The number of carbonyl (C=O) groups excluding carboxylic acids is 2. The zero-order valence-corrected chi connectivity index (χ0v) is 7.52. The number of primary amides is 1. The van der Waals surface area contributed by atoms with Crippen molar-refractivity contribution in [3.05, 3.63) is 0 Å². The van der Waals surface area contributed by atoms with Crippen molar-refractivity contribution in [1.29, 1.82) is 0 Å². The third-order valence-electron chi connectivity index (χ3n) is 1.08. The minimum Gasteiger partial charge on any atom is -0.353 e. The molecular formula is C6H12ClN3O2. The van der Waals surface area contributed by atoms with Crippen LogP contribution < -0.4 is 16.4 Å². The Morgan fingerprint density at radius 2 is 1.92 bits per heavy atom. The maximum absolute atomic E-state index is 10.8. The van der Waals surface area contributed by atoms with Crippen molar-refractivity contribution in [2.45, 2.75) is 12.3 Å². The Labute approximate surface area is 75.6 Å². The van der Waals surface area contributed by atoms with Gasteiger partial charge < -0.3 is 16.4 Å². The molecule has 70 valence electrons. The van der Waals surface area contributed by atoms with Gasteiger partial charge in [-0.1, -0.05) is 0 Å². The molecule has 6 heteroatoms. The summed E-state index contributed by atoms with van der Waals surface area (Å²) in [6.07, 6.45) is 0. The minimum absolute atomic E-state index is 0.261. The average molecular weight is 194 g/mol. The van der Waals surface area contributed by atoms with Gasteiger partial charge >= 0.3 is 6.03 Å². The number of nitrogens with two attached hydrogens (primary N) is 1. The zero-order chi connectivity index (χ0) is 9.56. The quantitative estimate of drug-likeness (QED) is 0.412. The van der Waals surface area contributed by atoms with Crippen LogP contribution in [0.1, 0.15) is 6.92 Å². The van der Waals surface area contributed by atoms with Crippen molar-refractivity contribution in [1.82, 2.24) is 10.6 Å². The van der Waals surface area contributed by atoms with E-state index in [9.17, 15) is 9.59 Å². The Hall–Kier alpha value is -0.970. The predicted molar refractivity (Wildman–Crippen MR) is 45.9 cm³/mol. The summed E-state index contributed by atoms with van der Waals surface area (Å²) in [6, 6.07) is -0.608. The van der Waals surface area contributed by atoms with E-state index in [-0.39, 0.29) is 5.91 Å². The molecule has 0 aromatic rings. The lowest BCUT2D eigenvalue weighted by atomic mass is 10.4. The lowest BCUT2D eigenvalue weighted by molar-refractivity contribution is -0.120. The number of hydrogen-bond acceptors (Lipinski definition) is 2. The van der Waals surface area contributed by atoms with Gasteiger partial charge in [0.05, 0.1) is 0 Å². The number of carbonyl (C=O) groups is 2. The van der Waals surface area contributed by atoms with E-state index in [4.69, 9.17) is 17.3 Å². The van der Waals surface area contributed by atoms with Crippen LogP contribution in [0.15, 0.2) is 0 Å². The largest absolute Gasteiger partial charge is 0.353 e. The lowest BCUT2D eigenvalue weighted by Crippen LogP contribution is -2.39. The van der Waals surface area contributed by atoms with Crippen LogP contribution in [-0.2, 0) is 4.79 Å². The van der Waals surface area contributed by atoms with Crippen LogP contribution in [0.3, 0.4) is 0 Å². The molecule has 5 nitrogen and oxygen atoms in total. The summed E-state index contributed by atoms with van der Waals surface area (Å²) in [5, 5.41) is 4.26. The van der Waals surface area contributed by atoms with E-state index in [0.29, 0.717) is 13.1 Å². The fraction of sp³-hybridized carbons (Fsp3) is 0.667. The van der Waals surface area contributed by atoms with Crippen molar-refractivity contribution >= 4 is 23.5 Å². The second-order valence-electron chi connectivity index (χ2n) is 2.20. The van der Waals surface area contributed by atoms with Gasteiger partial charge in [0.25, 0.3) is 0 Å². The van der Waals surface area contributed by atoms with Gasteiger partial charge in [-0.2, -0.15) is 0 Å². The Balaban J connectivity index is 3.32. The molecule has 0 fully saturated rings. The van der Waals surface area contributed by atoms with Gasteiger partial charge in [-0.25, -0.2) is 4.79 Å². The van der Waals surface area contributed by atoms with E-state index < -0.39 is 11.4 Å². The van der Waals surface area contributed by atoms with Gasteiger partial charge in [-0.15, -0.1) is 11.6 Å². The molecule has 0 saturated heterocycles. The zero-order valence-electron chi connectivity index (χ0n) is 6.76. The summed E-state index contributed by atoms with van der Waals surface area (Å²) in [5.41, 5.74) is 4.78. The molecule has 3 amide bonds. The Bertz CT molecular complexity index is 172. The van der Waals surface area contributed by atoms with E-state index in [1.165, 1.54) is 0 Å². The van der Waals surface area contributed by atoms with Crippen LogP contribution in [0.4, 0.5) is 4.79 Å². The van der Waals surface area contributed by atoms with Gasteiger partial charge in [-0.05, 0) is 6.92 Å². The van der Waals surface area contributed by atoms with Crippen LogP contribution in [0.5, 0.6) is 0 Å². The fourth-order valence-corrected chi connectivity index (χ4v) is 0.589. The van der Waals surface area contributed by atoms with E-state index >= 15 is 0 Å². The first kappa shape index (κ1) is 11.0. The number of nitrogens with one attached hydrogen (secondary N) is 2. The minimum atomic E-state index is -0.608. The molecule has 0 radical (unpaired) electrons. The molecule has 0 saturated carbocycles. The number of amides is 3. The Morgan fingerprint density at radius 3 is 2.33 bits per heavy atom. The van der Waals surface area contributed by atoms with Gasteiger partial charge in [-0.3, -0.25) is 4.79 Å². The van der Waals surface area contributed by atoms with Crippen molar-refractivity contribution < 1.29 is 9.59 Å². The predicted octanol–water partition coefficient (Wildman–Crippen LogP) is -0.602. The van der Waals surface area contributed by atoms with Crippen LogP contribution in [0.25, 0.3) is 0 Å². The van der Waals surface area contributed by atoms with Crippen LogP contribution >= 0.6 is 11.6 Å². The molecule has 12 heavy (non-hydrogen) atoms. The third-order valence-corrected chi connectivity index (χ3v) is 1.28. The molecule has 1 unspecified atom stereocenters. The first-order valence-electron chi connectivity index (χ1n) is 3.49. The lowest BCUT2D eigenvalue weighted by Gasteiger charge is -2.05. The second kappa shape index (κ2) is 5.65. The Morgan fingerprint density at radius 1 is 1.42 bits per heavy atom. The molecule has 0 heterocycles. The number of alkyl halides is 1. The van der Waals surface area contributed by atoms with Gasteiger partial charge in [0.1, 0.15) is 5.38 Å². The van der Waals surface area contributed by atoms with Crippen LogP contribution in [0, 0.1) is 0 Å². The molecule has 1 atom stereocenters. The van der Waals surface area contributed by atoms with Crippen LogP contribution in [-0.4, -0.2) is 30.4 Å². The molecular weight excluding hydrogens is 182 g/mol. The van der Waals surface area contributed by atoms with Crippen molar-refractivity contribution in [3.63, 3.8) is 0 Å². The van der Waals surface area contributed by atoms with E-state index in [1.807, 2.05) is 0 Å². The summed E-state index contributed by atoms with van der Waals surface area (Å²) in [7, 11) is 0. The molecule has 0 aliphatic heterocycles. The number of urea groups is 1. The van der Waals surface area contributed by atoms with Crippen molar-refractivity contribution in [2.75, 3.05) is 13.1 Å². The van der Waals surface area contributed by atoms with Gasteiger partial charge in [0.15, 0.2) is 0 Å². The first-order chi connectivity index (χ1) is 5.54. The summed E-state index contributed by atoms with van der Waals surface area (Å²) >= 11 is 5.45. The highest BCUT2D eigenvalue weighted by molar-refractivity contribution is 6.30. The molecule has 0 bridgehead atoms. The second-order valence-corrected chi connectivity index (χ2v) is 2.85.